The number of methoxy groups -OCH3 is 1. The van der Waals surface area contributed by atoms with Crippen molar-refractivity contribution < 1.29 is 18.4 Å². The van der Waals surface area contributed by atoms with Crippen molar-refractivity contribution in [2.45, 2.75) is 6.61 Å². The Morgan fingerprint density at radius 1 is 1.43 bits per heavy atom. The fourth-order valence-corrected chi connectivity index (χ4v) is 1.22. The Kier molecular flexibility index (Phi) is 3.62. The van der Waals surface area contributed by atoms with Crippen molar-refractivity contribution in [3.63, 3.8) is 0 Å². The van der Waals surface area contributed by atoms with Gasteiger partial charge in [-0.3, -0.25) is 4.84 Å². The summed E-state index contributed by atoms with van der Waals surface area (Å²) >= 11 is 5.49. The van der Waals surface area contributed by atoms with E-state index in [1.54, 1.807) is 0 Å². The van der Waals surface area contributed by atoms with Gasteiger partial charge in [0.25, 0.3) is 0 Å². The highest BCUT2D eigenvalue weighted by atomic mass is 35.5. The molecule has 0 amide bonds. The molecule has 0 unspecified atom stereocenters. The van der Waals surface area contributed by atoms with Crippen LogP contribution in [0, 0.1) is 11.6 Å². The van der Waals surface area contributed by atoms with E-state index in [2.05, 4.69) is 9.57 Å². The Labute approximate surface area is 84.3 Å². The molecule has 1 rings (SSSR count). The quantitative estimate of drug-likeness (QED) is 0.630. The maximum atomic E-state index is 13.3. The average molecular weight is 224 g/mol. The largest absolute Gasteiger partial charge is 0.491 e. The zero-order valence-electron chi connectivity index (χ0n) is 7.31. The highest BCUT2D eigenvalue weighted by Crippen LogP contribution is 2.30. The summed E-state index contributed by atoms with van der Waals surface area (Å²) < 4.78 is 31.0. The molecule has 0 saturated heterocycles. The van der Waals surface area contributed by atoms with Crippen LogP contribution < -0.4 is 10.6 Å². The summed E-state index contributed by atoms with van der Waals surface area (Å²) in [5, 5.41) is -0.240. The van der Waals surface area contributed by atoms with Gasteiger partial charge in [-0.25, -0.2) is 14.7 Å². The molecule has 0 saturated carbocycles. The van der Waals surface area contributed by atoms with E-state index < -0.39 is 17.4 Å². The molecule has 2 N–H and O–H groups in total. The molecule has 14 heavy (non-hydrogen) atoms. The minimum absolute atomic E-state index is 0.0377. The van der Waals surface area contributed by atoms with E-state index in [-0.39, 0.29) is 17.2 Å². The highest BCUT2D eigenvalue weighted by Gasteiger charge is 2.18. The van der Waals surface area contributed by atoms with Gasteiger partial charge in [0.1, 0.15) is 0 Å². The van der Waals surface area contributed by atoms with Gasteiger partial charge in [-0.15, -0.1) is 0 Å². The predicted molar refractivity (Wildman–Crippen MR) is 46.9 cm³/mol. The molecule has 0 atom stereocenters. The summed E-state index contributed by atoms with van der Waals surface area (Å²) in [4.78, 5) is 4.23. The molecule has 0 radical (unpaired) electrons. The summed E-state index contributed by atoms with van der Waals surface area (Å²) in [6.45, 7) is -0.206. The van der Waals surface area contributed by atoms with Crippen LogP contribution in [-0.4, -0.2) is 7.11 Å². The number of hydrogen-bond donors (Lipinski definition) is 1. The first-order valence-electron chi connectivity index (χ1n) is 3.63. The summed E-state index contributed by atoms with van der Waals surface area (Å²) in [6, 6.07) is 1.10. The first-order chi connectivity index (χ1) is 6.61. The molecular formula is C8H8ClF2NO2. The number of benzene rings is 1. The van der Waals surface area contributed by atoms with E-state index in [1.807, 2.05) is 0 Å². The molecule has 0 spiro atoms. The van der Waals surface area contributed by atoms with Crippen molar-refractivity contribution in [3.05, 3.63) is 28.3 Å². The van der Waals surface area contributed by atoms with Crippen LogP contribution in [0.4, 0.5) is 8.78 Å². The van der Waals surface area contributed by atoms with E-state index in [1.165, 1.54) is 0 Å². The molecule has 78 valence electrons. The van der Waals surface area contributed by atoms with Crippen molar-refractivity contribution in [2.24, 2.45) is 5.90 Å². The first kappa shape index (κ1) is 11.2. The molecule has 6 heteroatoms. The standard InChI is InChI=1S/C8H8ClF2NO2/c1-13-8-6(10)4(3-14-12)2-5(9)7(8)11/h2H,3,12H2,1H3. The van der Waals surface area contributed by atoms with Crippen molar-refractivity contribution >= 4 is 11.6 Å². The van der Waals surface area contributed by atoms with Crippen LogP contribution in [0.15, 0.2) is 6.07 Å². The summed E-state index contributed by atoms with van der Waals surface area (Å²) in [5.74, 6) is 2.43. The van der Waals surface area contributed by atoms with Gasteiger partial charge in [-0.05, 0) is 6.07 Å². The van der Waals surface area contributed by atoms with Crippen molar-refractivity contribution in [1.82, 2.24) is 0 Å². The van der Waals surface area contributed by atoms with Crippen molar-refractivity contribution in [2.75, 3.05) is 7.11 Å². The molecule has 0 aliphatic carbocycles. The lowest BCUT2D eigenvalue weighted by molar-refractivity contribution is 0.121. The molecule has 0 heterocycles. The Bertz CT molecular complexity index is 347. The van der Waals surface area contributed by atoms with Gasteiger partial charge in [-0.1, -0.05) is 11.6 Å². The average Bonchev–Trinajstić information content (AvgIpc) is 2.16. The fraction of sp³-hybridized carbons (Fsp3) is 0.250. The van der Waals surface area contributed by atoms with Crippen molar-refractivity contribution in [3.8, 4) is 5.75 Å². The summed E-state index contributed by atoms with van der Waals surface area (Å²) in [6.07, 6.45) is 0. The van der Waals surface area contributed by atoms with Gasteiger partial charge < -0.3 is 4.74 Å². The molecule has 0 fully saturated rings. The maximum absolute atomic E-state index is 13.3. The molecule has 1 aromatic carbocycles. The van der Waals surface area contributed by atoms with Gasteiger partial charge in [-0.2, -0.15) is 0 Å². The second-order valence-corrected chi connectivity index (χ2v) is 2.90. The first-order valence-corrected chi connectivity index (χ1v) is 4.01. The van der Waals surface area contributed by atoms with Gasteiger partial charge in [0.15, 0.2) is 17.4 Å². The maximum Gasteiger partial charge on any atom is 0.192 e. The fourth-order valence-electron chi connectivity index (χ4n) is 1.00. The van der Waals surface area contributed by atoms with Gasteiger partial charge in [0.05, 0.1) is 18.7 Å². The van der Waals surface area contributed by atoms with E-state index in [4.69, 9.17) is 17.5 Å². The van der Waals surface area contributed by atoms with E-state index in [0.29, 0.717) is 0 Å². The lowest BCUT2D eigenvalue weighted by Gasteiger charge is -2.08. The van der Waals surface area contributed by atoms with E-state index >= 15 is 0 Å². The third kappa shape index (κ3) is 1.95. The minimum atomic E-state index is -0.938. The van der Waals surface area contributed by atoms with Gasteiger partial charge in [0, 0.05) is 5.56 Å². The van der Waals surface area contributed by atoms with Crippen LogP contribution in [0.25, 0.3) is 0 Å². The number of nitrogens with two attached hydrogens (primary N) is 1. The highest BCUT2D eigenvalue weighted by molar-refractivity contribution is 6.31. The zero-order chi connectivity index (χ0) is 10.7. The molecule has 0 aliphatic heterocycles. The van der Waals surface area contributed by atoms with Crippen LogP contribution in [0.3, 0.4) is 0 Å². The number of hydrogen-bond acceptors (Lipinski definition) is 3. The van der Waals surface area contributed by atoms with Crippen LogP contribution in [-0.2, 0) is 11.4 Å². The zero-order valence-corrected chi connectivity index (χ0v) is 8.07. The molecular weight excluding hydrogens is 216 g/mol. The molecule has 0 aromatic heterocycles. The smallest absolute Gasteiger partial charge is 0.192 e. The molecule has 0 bridgehead atoms. The van der Waals surface area contributed by atoms with Crippen molar-refractivity contribution in [1.29, 1.82) is 0 Å². The predicted octanol–water partition coefficient (Wildman–Crippen LogP) is 2.02. The van der Waals surface area contributed by atoms with E-state index in [0.717, 1.165) is 13.2 Å². The number of rotatable bonds is 3. The lowest BCUT2D eigenvalue weighted by atomic mass is 10.2. The van der Waals surface area contributed by atoms with Crippen LogP contribution in [0.2, 0.25) is 5.02 Å². The SMILES string of the molecule is COc1c(F)c(Cl)cc(CON)c1F. The van der Waals surface area contributed by atoms with Gasteiger partial charge >= 0.3 is 0 Å². The topological polar surface area (TPSA) is 44.5 Å². The third-order valence-electron chi connectivity index (χ3n) is 1.63. The normalized spacial score (nSPS) is 10.4. The summed E-state index contributed by atoms with van der Waals surface area (Å²) in [7, 11) is 1.14. The van der Waals surface area contributed by atoms with Crippen LogP contribution in [0.5, 0.6) is 5.75 Å². The molecule has 3 nitrogen and oxygen atoms in total. The third-order valence-corrected chi connectivity index (χ3v) is 1.91. The lowest BCUT2D eigenvalue weighted by Crippen LogP contribution is -2.04. The Hall–Kier alpha value is -0.910. The van der Waals surface area contributed by atoms with Crippen LogP contribution >= 0.6 is 11.6 Å². The molecule has 0 aliphatic rings. The number of ether oxygens (including phenoxy) is 1. The Morgan fingerprint density at radius 3 is 2.57 bits per heavy atom. The summed E-state index contributed by atoms with van der Waals surface area (Å²) in [5.41, 5.74) is 0.0377. The minimum Gasteiger partial charge on any atom is -0.491 e. The van der Waals surface area contributed by atoms with Crippen LogP contribution in [0.1, 0.15) is 5.56 Å². The monoisotopic (exact) mass is 223 g/mol. The van der Waals surface area contributed by atoms with Gasteiger partial charge in [0.2, 0.25) is 0 Å². The Balaban J connectivity index is 3.27. The second kappa shape index (κ2) is 4.54. The van der Waals surface area contributed by atoms with E-state index in [9.17, 15) is 8.78 Å². The second-order valence-electron chi connectivity index (χ2n) is 2.49. The number of halogens is 3. The Morgan fingerprint density at radius 2 is 2.07 bits per heavy atom. The molecule has 1 aromatic rings.